The molecule has 0 aliphatic rings. The molecule has 7 heteroatoms. The van der Waals surface area contributed by atoms with E-state index in [2.05, 4.69) is 0 Å². The Morgan fingerprint density at radius 1 is 1.21 bits per heavy atom. The fourth-order valence-electron chi connectivity index (χ4n) is 1.29. The number of nitrogens with one attached hydrogen (secondary N) is 1. The molecule has 0 aliphatic carbocycles. The van der Waals surface area contributed by atoms with E-state index in [4.69, 9.17) is 4.74 Å². The molecule has 0 fully saturated rings. The summed E-state index contributed by atoms with van der Waals surface area (Å²) in [5.41, 5.74) is -3.10. The Hall–Kier alpha value is -1.79. The van der Waals surface area contributed by atoms with E-state index < -0.39 is 34.9 Å². The van der Waals surface area contributed by atoms with Gasteiger partial charge in [-0.15, -0.1) is 0 Å². The number of halogens is 4. The first-order chi connectivity index (χ1) is 8.50. The second-order valence-electron chi connectivity index (χ2n) is 4.79. The fourth-order valence-corrected chi connectivity index (χ4v) is 1.29. The maximum Gasteiger partial charge on any atom is 0.418 e. The van der Waals surface area contributed by atoms with Crippen LogP contribution in [0.25, 0.3) is 0 Å². The molecule has 0 atom stereocenters. The molecule has 0 radical (unpaired) electrons. The van der Waals surface area contributed by atoms with Crippen molar-refractivity contribution in [3.8, 4) is 0 Å². The highest BCUT2D eigenvalue weighted by Gasteiger charge is 2.35. The number of ether oxygens (including phenoxy) is 1. The molecule has 19 heavy (non-hydrogen) atoms. The molecule has 0 aliphatic heterocycles. The van der Waals surface area contributed by atoms with Gasteiger partial charge in [0.2, 0.25) is 0 Å². The van der Waals surface area contributed by atoms with Crippen LogP contribution in [0.15, 0.2) is 18.2 Å². The molecule has 0 spiro atoms. The average molecular weight is 279 g/mol. The van der Waals surface area contributed by atoms with Crippen molar-refractivity contribution >= 4 is 11.8 Å². The van der Waals surface area contributed by atoms with Gasteiger partial charge in [-0.25, -0.2) is 9.18 Å². The van der Waals surface area contributed by atoms with Crippen molar-refractivity contribution in [3.63, 3.8) is 0 Å². The van der Waals surface area contributed by atoms with Gasteiger partial charge in [0.05, 0.1) is 11.3 Å². The molecule has 0 aromatic heterocycles. The molecule has 1 aromatic carbocycles. The highest BCUT2D eigenvalue weighted by molar-refractivity contribution is 5.86. The van der Waals surface area contributed by atoms with Gasteiger partial charge in [-0.05, 0) is 32.9 Å². The molecule has 1 N–H and O–H groups in total. The maximum atomic E-state index is 13.4. The molecule has 0 saturated heterocycles. The van der Waals surface area contributed by atoms with E-state index in [0.717, 1.165) is 12.1 Å². The van der Waals surface area contributed by atoms with Crippen molar-refractivity contribution in [1.29, 1.82) is 0 Å². The third kappa shape index (κ3) is 4.42. The number of amides is 1. The van der Waals surface area contributed by atoms with Gasteiger partial charge in [0, 0.05) is 0 Å². The number of carbonyl (C=O) groups excluding carboxylic acids is 1. The van der Waals surface area contributed by atoms with Gasteiger partial charge in [-0.3, -0.25) is 5.32 Å². The summed E-state index contributed by atoms with van der Waals surface area (Å²) < 4.78 is 56.2. The van der Waals surface area contributed by atoms with Crippen molar-refractivity contribution in [2.24, 2.45) is 0 Å². The van der Waals surface area contributed by atoms with Crippen LogP contribution in [0.4, 0.5) is 28.0 Å². The number of benzene rings is 1. The summed E-state index contributed by atoms with van der Waals surface area (Å²) in [7, 11) is 0. The number of rotatable bonds is 1. The molecule has 0 saturated carbocycles. The normalized spacial score (nSPS) is 12.2. The van der Waals surface area contributed by atoms with Crippen molar-refractivity contribution in [3.05, 3.63) is 29.6 Å². The van der Waals surface area contributed by atoms with E-state index in [1.165, 1.54) is 0 Å². The van der Waals surface area contributed by atoms with Gasteiger partial charge in [-0.1, -0.05) is 6.07 Å². The van der Waals surface area contributed by atoms with E-state index in [-0.39, 0.29) is 0 Å². The SMILES string of the molecule is CC(C)(C)OC(=O)Nc1c(F)cccc1C(F)(F)F. The lowest BCUT2D eigenvalue weighted by molar-refractivity contribution is -0.137. The van der Waals surface area contributed by atoms with Crippen LogP contribution in [-0.2, 0) is 10.9 Å². The van der Waals surface area contributed by atoms with Crippen LogP contribution in [0.1, 0.15) is 26.3 Å². The zero-order chi connectivity index (χ0) is 14.8. The number of para-hydroxylation sites is 1. The first-order valence-electron chi connectivity index (χ1n) is 5.36. The Morgan fingerprint density at radius 2 is 1.79 bits per heavy atom. The average Bonchev–Trinajstić information content (AvgIpc) is 2.16. The minimum Gasteiger partial charge on any atom is -0.444 e. The lowest BCUT2D eigenvalue weighted by Gasteiger charge is -2.21. The Labute approximate surface area is 107 Å². The van der Waals surface area contributed by atoms with Gasteiger partial charge in [0.15, 0.2) is 0 Å². The highest BCUT2D eigenvalue weighted by atomic mass is 19.4. The summed E-state index contributed by atoms with van der Waals surface area (Å²) >= 11 is 0. The standard InChI is InChI=1S/C12H13F4NO2/c1-11(2,3)19-10(18)17-9-7(12(14,15)16)5-4-6-8(9)13/h4-6H,1-3H3,(H,17,18). The zero-order valence-corrected chi connectivity index (χ0v) is 10.6. The van der Waals surface area contributed by atoms with E-state index in [0.29, 0.717) is 6.07 Å². The van der Waals surface area contributed by atoms with Crippen LogP contribution in [0.3, 0.4) is 0 Å². The van der Waals surface area contributed by atoms with Crippen molar-refractivity contribution < 1.29 is 27.1 Å². The smallest absolute Gasteiger partial charge is 0.418 e. The molecule has 0 bridgehead atoms. The van der Waals surface area contributed by atoms with Crippen LogP contribution >= 0.6 is 0 Å². The Morgan fingerprint density at radius 3 is 2.26 bits per heavy atom. The quantitative estimate of drug-likeness (QED) is 0.783. The summed E-state index contributed by atoms with van der Waals surface area (Å²) in [5.74, 6) is -1.18. The third-order valence-electron chi connectivity index (χ3n) is 1.94. The minimum atomic E-state index is -4.77. The van der Waals surface area contributed by atoms with Gasteiger partial charge >= 0.3 is 12.3 Å². The molecule has 106 valence electrons. The summed E-state index contributed by atoms with van der Waals surface area (Å²) in [6.45, 7) is 4.62. The van der Waals surface area contributed by atoms with Gasteiger partial charge in [0.1, 0.15) is 11.4 Å². The molecular weight excluding hydrogens is 266 g/mol. The highest BCUT2D eigenvalue weighted by Crippen LogP contribution is 2.36. The molecule has 0 unspecified atom stereocenters. The Bertz CT molecular complexity index is 478. The Balaban J connectivity index is 3.04. The largest absolute Gasteiger partial charge is 0.444 e. The molecule has 1 rings (SSSR count). The predicted molar refractivity (Wildman–Crippen MR) is 61.3 cm³/mol. The minimum absolute atomic E-state index is 0.676. The van der Waals surface area contributed by atoms with E-state index in [1.54, 1.807) is 26.1 Å². The van der Waals surface area contributed by atoms with E-state index in [9.17, 15) is 22.4 Å². The summed E-state index contributed by atoms with van der Waals surface area (Å²) in [6, 6.07) is 2.41. The molecule has 1 aromatic rings. The molecule has 0 heterocycles. The van der Waals surface area contributed by atoms with E-state index in [1.807, 2.05) is 0 Å². The topological polar surface area (TPSA) is 38.3 Å². The number of hydrogen-bond acceptors (Lipinski definition) is 2. The number of carbonyl (C=O) groups is 1. The van der Waals surface area contributed by atoms with Crippen LogP contribution in [-0.4, -0.2) is 11.7 Å². The van der Waals surface area contributed by atoms with Crippen molar-refractivity contribution in [1.82, 2.24) is 0 Å². The van der Waals surface area contributed by atoms with Crippen LogP contribution < -0.4 is 5.32 Å². The van der Waals surface area contributed by atoms with Crippen LogP contribution in [0, 0.1) is 5.82 Å². The molecule has 1 amide bonds. The monoisotopic (exact) mass is 279 g/mol. The van der Waals surface area contributed by atoms with Crippen LogP contribution in [0.5, 0.6) is 0 Å². The summed E-state index contributed by atoms with van der Waals surface area (Å²) in [5, 5.41) is 1.79. The first kappa shape index (κ1) is 15.3. The Kier molecular flexibility index (Phi) is 4.07. The van der Waals surface area contributed by atoms with Crippen molar-refractivity contribution in [2.75, 3.05) is 5.32 Å². The van der Waals surface area contributed by atoms with Crippen LogP contribution in [0.2, 0.25) is 0 Å². The third-order valence-corrected chi connectivity index (χ3v) is 1.94. The van der Waals surface area contributed by atoms with E-state index >= 15 is 0 Å². The number of alkyl halides is 3. The fraction of sp³-hybridized carbons (Fsp3) is 0.417. The molecule has 3 nitrogen and oxygen atoms in total. The number of anilines is 1. The van der Waals surface area contributed by atoms with Gasteiger partial charge < -0.3 is 4.74 Å². The molecular formula is C12H13F4NO2. The maximum absolute atomic E-state index is 13.4. The second kappa shape index (κ2) is 5.07. The second-order valence-corrected chi connectivity index (χ2v) is 4.79. The summed E-state index contributed by atoms with van der Waals surface area (Å²) in [4.78, 5) is 11.4. The first-order valence-corrected chi connectivity index (χ1v) is 5.36. The lowest BCUT2D eigenvalue weighted by Crippen LogP contribution is -2.28. The summed E-state index contributed by atoms with van der Waals surface area (Å²) in [6.07, 6.45) is -5.92. The lowest BCUT2D eigenvalue weighted by atomic mass is 10.1. The van der Waals surface area contributed by atoms with Gasteiger partial charge in [0.25, 0.3) is 0 Å². The number of hydrogen-bond donors (Lipinski definition) is 1. The van der Waals surface area contributed by atoms with Crippen molar-refractivity contribution in [2.45, 2.75) is 32.5 Å². The predicted octanol–water partition coefficient (Wildman–Crippen LogP) is 4.19. The zero-order valence-electron chi connectivity index (χ0n) is 10.6. The van der Waals surface area contributed by atoms with Gasteiger partial charge in [-0.2, -0.15) is 13.2 Å².